The summed E-state index contributed by atoms with van der Waals surface area (Å²) in [6.07, 6.45) is 4.83. The molecule has 0 radical (unpaired) electrons. The summed E-state index contributed by atoms with van der Waals surface area (Å²) in [7, 11) is 0. The van der Waals surface area contributed by atoms with Crippen LogP contribution in [0.15, 0.2) is 36.8 Å². The van der Waals surface area contributed by atoms with Gasteiger partial charge in [0.05, 0.1) is 12.7 Å². The van der Waals surface area contributed by atoms with Gasteiger partial charge < -0.3 is 4.57 Å². The van der Waals surface area contributed by atoms with Crippen molar-refractivity contribution in [3.05, 3.63) is 59.6 Å². The standard InChI is InChI=1S/C13H8F2N4/c14-11-2-1-9(12(15)5-11)8-18-3-4-19-13(18)10(6-16)7-17-19/h1-5,7H,8H2. The Balaban J connectivity index is 2.06. The first-order chi connectivity index (χ1) is 9.19. The van der Waals surface area contributed by atoms with E-state index in [4.69, 9.17) is 5.26 Å². The third kappa shape index (κ3) is 1.85. The molecule has 0 saturated carbocycles. The summed E-state index contributed by atoms with van der Waals surface area (Å²) in [5, 5.41) is 13.0. The third-order valence-electron chi connectivity index (χ3n) is 2.91. The normalized spacial score (nSPS) is 10.8. The molecule has 0 fully saturated rings. The molecule has 0 bridgehead atoms. The highest BCUT2D eigenvalue weighted by Gasteiger charge is 2.11. The van der Waals surface area contributed by atoms with Crippen molar-refractivity contribution in [2.75, 3.05) is 0 Å². The van der Waals surface area contributed by atoms with Crippen LogP contribution in [0.3, 0.4) is 0 Å². The maximum atomic E-state index is 13.6. The van der Waals surface area contributed by atoms with Gasteiger partial charge in [-0.2, -0.15) is 10.4 Å². The van der Waals surface area contributed by atoms with Crippen molar-refractivity contribution in [1.82, 2.24) is 14.2 Å². The van der Waals surface area contributed by atoms with Gasteiger partial charge in [0.2, 0.25) is 0 Å². The maximum absolute atomic E-state index is 13.6. The number of halogens is 2. The molecule has 0 amide bonds. The Morgan fingerprint density at radius 2 is 2.11 bits per heavy atom. The zero-order valence-corrected chi connectivity index (χ0v) is 9.72. The number of imidazole rings is 1. The summed E-state index contributed by atoms with van der Waals surface area (Å²) in [6.45, 7) is 0.211. The largest absolute Gasteiger partial charge is 0.326 e. The van der Waals surface area contributed by atoms with Crippen molar-refractivity contribution in [3.8, 4) is 6.07 Å². The van der Waals surface area contributed by atoms with E-state index < -0.39 is 11.6 Å². The molecule has 0 aliphatic heterocycles. The molecule has 3 rings (SSSR count). The summed E-state index contributed by atoms with van der Waals surface area (Å²) in [6, 6.07) is 5.47. The van der Waals surface area contributed by atoms with Gasteiger partial charge in [0.25, 0.3) is 0 Å². The second kappa shape index (κ2) is 4.21. The van der Waals surface area contributed by atoms with E-state index in [1.807, 2.05) is 6.07 Å². The van der Waals surface area contributed by atoms with E-state index >= 15 is 0 Å². The molecule has 3 aromatic rings. The van der Waals surface area contributed by atoms with Crippen LogP contribution in [0.4, 0.5) is 8.78 Å². The Labute approximate surface area is 107 Å². The number of nitriles is 1. The summed E-state index contributed by atoms with van der Waals surface area (Å²) in [5.74, 6) is -1.22. The van der Waals surface area contributed by atoms with Crippen LogP contribution in [0.25, 0.3) is 5.65 Å². The molecule has 2 aromatic heterocycles. The van der Waals surface area contributed by atoms with Crippen LogP contribution < -0.4 is 0 Å². The highest BCUT2D eigenvalue weighted by atomic mass is 19.1. The maximum Gasteiger partial charge on any atom is 0.154 e. The van der Waals surface area contributed by atoms with Crippen LogP contribution >= 0.6 is 0 Å². The molecule has 0 saturated heterocycles. The second-order valence-electron chi connectivity index (χ2n) is 4.10. The van der Waals surface area contributed by atoms with Crippen molar-refractivity contribution < 1.29 is 8.78 Å². The fourth-order valence-corrected chi connectivity index (χ4v) is 2.01. The Morgan fingerprint density at radius 1 is 1.26 bits per heavy atom. The average molecular weight is 258 g/mol. The van der Waals surface area contributed by atoms with E-state index in [0.717, 1.165) is 6.07 Å². The lowest BCUT2D eigenvalue weighted by Crippen LogP contribution is -2.02. The minimum absolute atomic E-state index is 0.211. The Hall–Kier alpha value is -2.68. The van der Waals surface area contributed by atoms with Crippen LogP contribution in [0.2, 0.25) is 0 Å². The van der Waals surface area contributed by atoms with Gasteiger partial charge in [0, 0.05) is 24.0 Å². The molecule has 94 valence electrons. The second-order valence-corrected chi connectivity index (χ2v) is 4.10. The molecule has 0 aliphatic carbocycles. The van der Waals surface area contributed by atoms with Crippen LogP contribution in [0.1, 0.15) is 11.1 Å². The van der Waals surface area contributed by atoms with Gasteiger partial charge in [0.1, 0.15) is 23.3 Å². The Morgan fingerprint density at radius 3 is 2.84 bits per heavy atom. The smallest absolute Gasteiger partial charge is 0.154 e. The summed E-state index contributed by atoms with van der Waals surface area (Å²) < 4.78 is 29.7. The molecule has 0 N–H and O–H groups in total. The molecule has 0 atom stereocenters. The van der Waals surface area contributed by atoms with E-state index in [2.05, 4.69) is 5.10 Å². The third-order valence-corrected chi connectivity index (χ3v) is 2.91. The summed E-state index contributed by atoms with van der Waals surface area (Å²) in [4.78, 5) is 0. The number of aromatic nitrogens is 3. The van der Waals surface area contributed by atoms with Gasteiger partial charge in [-0.3, -0.25) is 0 Å². The SMILES string of the molecule is N#Cc1cnn2ccn(Cc3ccc(F)cc3F)c12. The topological polar surface area (TPSA) is 46.0 Å². The van der Waals surface area contributed by atoms with Crippen molar-refractivity contribution in [3.63, 3.8) is 0 Å². The monoisotopic (exact) mass is 258 g/mol. The summed E-state index contributed by atoms with van der Waals surface area (Å²) >= 11 is 0. The molecule has 2 heterocycles. The highest BCUT2D eigenvalue weighted by molar-refractivity contribution is 5.55. The molecule has 19 heavy (non-hydrogen) atoms. The quantitative estimate of drug-likeness (QED) is 0.708. The first-order valence-electron chi connectivity index (χ1n) is 5.55. The van der Waals surface area contributed by atoms with E-state index in [9.17, 15) is 8.78 Å². The van der Waals surface area contributed by atoms with Gasteiger partial charge in [-0.25, -0.2) is 13.3 Å². The average Bonchev–Trinajstić information content (AvgIpc) is 2.95. The molecule has 0 aliphatic rings. The fourth-order valence-electron chi connectivity index (χ4n) is 2.01. The molecule has 0 spiro atoms. The van der Waals surface area contributed by atoms with Crippen molar-refractivity contribution >= 4 is 5.65 Å². The lowest BCUT2D eigenvalue weighted by Gasteiger charge is -2.05. The molecular formula is C13H8F2N4. The number of nitrogens with zero attached hydrogens (tertiary/aromatic N) is 4. The predicted octanol–water partition coefficient (Wildman–Crippen LogP) is 2.33. The van der Waals surface area contributed by atoms with Gasteiger partial charge in [-0.05, 0) is 6.07 Å². The zero-order chi connectivity index (χ0) is 13.4. The molecule has 0 unspecified atom stereocenters. The molecule has 4 nitrogen and oxygen atoms in total. The van der Waals surface area contributed by atoms with Crippen LogP contribution in [-0.4, -0.2) is 14.2 Å². The number of benzene rings is 1. The zero-order valence-electron chi connectivity index (χ0n) is 9.72. The molecular weight excluding hydrogens is 250 g/mol. The number of fused-ring (bicyclic) bond motifs is 1. The predicted molar refractivity (Wildman–Crippen MR) is 63.4 cm³/mol. The van der Waals surface area contributed by atoms with Gasteiger partial charge >= 0.3 is 0 Å². The molecule has 1 aromatic carbocycles. The first-order valence-corrected chi connectivity index (χ1v) is 5.55. The fraction of sp³-hybridized carbons (Fsp3) is 0.0769. The van der Waals surface area contributed by atoms with Crippen molar-refractivity contribution in [2.24, 2.45) is 0 Å². The first kappa shape index (κ1) is 11.4. The van der Waals surface area contributed by atoms with E-state index in [1.165, 1.54) is 18.3 Å². The number of rotatable bonds is 2. The van der Waals surface area contributed by atoms with Gasteiger partial charge in [-0.15, -0.1) is 0 Å². The number of hydrogen-bond donors (Lipinski definition) is 0. The van der Waals surface area contributed by atoms with E-state index in [-0.39, 0.29) is 6.54 Å². The summed E-state index contributed by atoms with van der Waals surface area (Å²) in [5.41, 5.74) is 1.35. The lowest BCUT2D eigenvalue weighted by atomic mass is 10.2. The van der Waals surface area contributed by atoms with E-state index in [0.29, 0.717) is 16.8 Å². The van der Waals surface area contributed by atoms with Crippen LogP contribution in [0.5, 0.6) is 0 Å². The Bertz CT molecular complexity index is 795. The van der Waals surface area contributed by atoms with Gasteiger partial charge in [-0.1, -0.05) is 6.07 Å². The molecule has 6 heteroatoms. The van der Waals surface area contributed by atoms with Crippen molar-refractivity contribution in [1.29, 1.82) is 5.26 Å². The van der Waals surface area contributed by atoms with Crippen LogP contribution in [0, 0.1) is 23.0 Å². The van der Waals surface area contributed by atoms with E-state index in [1.54, 1.807) is 21.5 Å². The highest BCUT2D eigenvalue weighted by Crippen LogP contribution is 2.16. The Kier molecular flexibility index (Phi) is 2.53. The number of hydrogen-bond acceptors (Lipinski definition) is 2. The lowest BCUT2D eigenvalue weighted by molar-refractivity contribution is 0.567. The minimum Gasteiger partial charge on any atom is -0.326 e. The van der Waals surface area contributed by atoms with Gasteiger partial charge in [0.15, 0.2) is 5.65 Å². The van der Waals surface area contributed by atoms with Crippen molar-refractivity contribution in [2.45, 2.75) is 6.54 Å². The van der Waals surface area contributed by atoms with Crippen LogP contribution in [-0.2, 0) is 6.54 Å². The minimum atomic E-state index is -0.610.